The largest absolute Gasteiger partial charge is 0.393 e. The van der Waals surface area contributed by atoms with E-state index in [4.69, 9.17) is 0 Å². The first-order valence-electron chi connectivity index (χ1n) is 7.60. The summed E-state index contributed by atoms with van der Waals surface area (Å²) in [5.41, 5.74) is 1.25. The molecule has 2 N–H and O–H groups in total. The molecule has 0 spiro atoms. The molecule has 0 saturated heterocycles. The predicted octanol–water partition coefficient (Wildman–Crippen LogP) is 2.03. The zero-order chi connectivity index (χ0) is 14.5. The maximum absolute atomic E-state index is 9.38. The summed E-state index contributed by atoms with van der Waals surface area (Å²) < 4.78 is 0. The van der Waals surface area contributed by atoms with Crippen LogP contribution in [0.3, 0.4) is 0 Å². The Bertz CT molecular complexity index is 416. The molecule has 1 aliphatic carbocycles. The first-order chi connectivity index (χ1) is 9.56. The Hall–Kier alpha value is -1.13. The maximum Gasteiger partial charge on any atom is 0.132 e. The molecule has 0 aliphatic heterocycles. The van der Waals surface area contributed by atoms with E-state index in [1.807, 2.05) is 12.3 Å². The third-order valence-corrected chi connectivity index (χ3v) is 3.84. The highest BCUT2D eigenvalue weighted by Crippen LogP contribution is 2.29. The molecule has 0 amide bonds. The average Bonchev–Trinajstić information content (AvgIpc) is 2.37. The second kappa shape index (κ2) is 7.04. The molecule has 4 nitrogen and oxygen atoms in total. The first kappa shape index (κ1) is 15.3. The lowest BCUT2D eigenvalue weighted by Gasteiger charge is -2.35. The van der Waals surface area contributed by atoms with Crippen LogP contribution >= 0.6 is 0 Å². The third kappa shape index (κ3) is 4.18. The van der Waals surface area contributed by atoms with Gasteiger partial charge in [-0.2, -0.15) is 0 Å². The Balaban J connectivity index is 1.92. The standard InChI is InChI=1S/C16H27N3O/c1-12(2)9-17-10-14-5-4-6-18-16(14)19(3)11-13-7-15(20)8-13/h4-6,12-13,15,17,20H,7-11H2,1-3H3. The minimum absolute atomic E-state index is 0.0793. The SMILES string of the molecule is CC(C)CNCc1cccnc1N(C)CC1CC(O)C1. The normalized spacial score (nSPS) is 21.9. The van der Waals surface area contributed by atoms with Crippen molar-refractivity contribution in [2.45, 2.75) is 39.3 Å². The monoisotopic (exact) mass is 277 g/mol. The lowest BCUT2D eigenvalue weighted by Crippen LogP contribution is -2.37. The number of aromatic nitrogens is 1. The Morgan fingerprint density at radius 3 is 2.85 bits per heavy atom. The first-order valence-corrected chi connectivity index (χ1v) is 7.60. The molecule has 1 aromatic heterocycles. The van der Waals surface area contributed by atoms with Gasteiger partial charge in [0.2, 0.25) is 0 Å². The second-order valence-corrected chi connectivity index (χ2v) is 6.38. The summed E-state index contributed by atoms with van der Waals surface area (Å²) in [6.07, 6.45) is 3.63. The van der Waals surface area contributed by atoms with Gasteiger partial charge in [0.05, 0.1) is 6.10 Å². The lowest BCUT2D eigenvalue weighted by atomic mass is 9.82. The van der Waals surface area contributed by atoms with Gasteiger partial charge in [-0.15, -0.1) is 0 Å². The quantitative estimate of drug-likeness (QED) is 0.800. The number of rotatable bonds is 7. The Labute approximate surface area is 122 Å². The van der Waals surface area contributed by atoms with Crippen LogP contribution in [0, 0.1) is 11.8 Å². The zero-order valence-electron chi connectivity index (χ0n) is 12.8. The number of aliphatic hydroxyl groups is 1. The van der Waals surface area contributed by atoms with Crippen molar-refractivity contribution in [1.82, 2.24) is 10.3 Å². The topological polar surface area (TPSA) is 48.4 Å². The molecule has 4 heteroatoms. The minimum atomic E-state index is -0.0793. The molecule has 1 aromatic rings. The van der Waals surface area contributed by atoms with Crippen LogP contribution < -0.4 is 10.2 Å². The van der Waals surface area contributed by atoms with Crippen molar-refractivity contribution in [3.05, 3.63) is 23.9 Å². The highest BCUT2D eigenvalue weighted by atomic mass is 16.3. The summed E-state index contributed by atoms with van der Waals surface area (Å²) in [5, 5.41) is 12.9. The van der Waals surface area contributed by atoms with Crippen molar-refractivity contribution < 1.29 is 5.11 Å². The van der Waals surface area contributed by atoms with Crippen molar-refractivity contribution in [2.75, 3.05) is 25.0 Å². The molecule has 1 heterocycles. The van der Waals surface area contributed by atoms with Crippen LogP contribution in [0.15, 0.2) is 18.3 Å². The van der Waals surface area contributed by atoms with Gasteiger partial charge in [-0.3, -0.25) is 0 Å². The van der Waals surface area contributed by atoms with Crippen LogP contribution in [0.5, 0.6) is 0 Å². The van der Waals surface area contributed by atoms with Gasteiger partial charge in [-0.25, -0.2) is 4.98 Å². The van der Waals surface area contributed by atoms with Gasteiger partial charge in [-0.05, 0) is 37.3 Å². The van der Waals surface area contributed by atoms with Crippen LogP contribution in [-0.4, -0.2) is 36.3 Å². The Morgan fingerprint density at radius 1 is 1.45 bits per heavy atom. The minimum Gasteiger partial charge on any atom is -0.393 e. The molecule has 2 rings (SSSR count). The summed E-state index contributed by atoms with van der Waals surface area (Å²) in [6.45, 7) is 7.29. The number of hydrogen-bond donors (Lipinski definition) is 2. The Morgan fingerprint density at radius 2 is 2.20 bits per heavy atom. The van der Waals surface area contributed by atoms with E-state index in [0.717, 1.165) is 38.3 Å². The number of nitrogens with one attached hydrogen (secondary N) is 1. The fourth-order valence-electron chi connectivity index (χ4n) is 2.73. The van der Waals surface area contributed by atoms with E-state index in [1.54, 1.807) is 0 Å². The maximum atomic E-state index is 9.38. The van der Waals surface area contributed by atoms with Gasteiger partial charge in [0, 0.05) is 31.9 Å². The summed E-state index contributed by atoms with van der Waals surface area (Å²) in [6, 6.07) is 4.14. The van der Waals surface area contributed by atoms with Gasteiger partial charge in [-0.1, -0.05) is 19.9 Å². The van der Waals surface area contributed by atoms with Gasteiger partial charge in [0.15, 0.2) is 0 Å². The van der Waals surface area contributed by atoms with Crippen LogP contribution in [0.25, 0.3) is 0 Å². The molecular weight excluding hydrogens is 250 g/mol. The molecule has 0 atom stereocenters. The van der Waals surface area contributed by atoms with Crippen LogP contribution in [-0.2, 0) is 6.54 Å². The van der Waals surface area contributed by atoms with E-state index in [1.165, 1.54) is 5.56 Å². The summed E-state index contributed by atoms with van der Waals surface area (Å²) in [4.78, 5) is 6.76. The predicted molar refractivity (Wildman–Crippen MR) is 82.8 cm³/mol. The second-order valence-electron chi connectivity index (χ2n) is 6.38. The van der Waals surface area contributed by atoms with Crippen LogP contribution in [0.1, 0.15) is 32.3 Å². The van der Waals surface area contributed by atoms with E-state index in [2.05, 4.69) is 42.2 Å². The van der Waals surface area contributed by atoms with Crippen molar-refractivity contribution in [3.63, 3.8) is 0 Å². The molecule has 0 aromatic carbocycles. The van der Waals surface area contributed by atoms with Crippen molar-refractivity contribution in [1.29, 1.82) is 0 Å². The fraction of sp³-hybridized carbons (Fsp3) is 0.688. The summed E-state index contributed by atoms with van der Waals surface area (Å²) in [7, 11) is 2.10. The van der Waals surface area contributed by atoms with Crippen molar-refractivity contribution in [2.24, 2.45) is 11.8 Å². The fourth-order valence-corrected chi connectivity index (χ4v) is 2.73. The van der Waals surface area contributed by atoms with Crippen LogP contribution in [0.4, 0.5) is 5.82 Å². The summed E-state index contributed by atoms with van der Waals surface area (Å²) in [5.74, 6) is 2.32. The molecular formula is C16H27N3O. The average molecular weight is 277 g/mol. The number of aliphatic hydroxyl groups excluding tert-OH is 1. The van der Waals surface area contributed by atoms with E-state index >= 15 is 0 Å². The molecule has 0 radical (unpaired) electrons. The van der Waals surface area contributed by atoms with E-state index in [-0.39, 0.29) is 6.10 Å². The van der Waals surface area contributed by atoms with Gasteiger partial charge >= 0.3 is 0 Å². The van der Waals surface area contributed by atoms with E-state index in [9.17, 15) is 5.11 Å². The molecule has 112 valence electrons. The third-order valence-electron chi connectivity index (χ3n) is 3.84. The van der Waals surface area contributed by atoms with Crippen molar-refractivity contribution in [3.8, 4) is 0 Å². The van der Waals surface area contributed by atoms with E-state index < -0.39 is 0 Å². The zero-order valence-corrected chi connectivity index (χ0v) is 12.8. The van der Waals surface area contributed by atoms with Gasteiger partial charge in [0.25, 0.3) is 0 Å². The van der Waals surface area contributed by atoms with Crippen LogP contribution in [0.2, 0.25) is 0 Å². The number of anilines is 1. The number of hydrogen-bond acceptors (Lipinski definition) is 4. The molecule has 0 bridgehead atoms. The number of pyridine rings is 1. The van der Waals surface area contributed by atoms with Gasteiger partial charge < -0.3 is 15.3 Å². The smallest absolute Gasteiger partial charge is 0.132 e. The molecule has 20 heavy (non-hydrogen) atoms. The Kier molecular flexibility index (Phi) is 5.38. The molecule has 1 saturated carbocycles. The molecule has 1 aliphatic rings. The van der Waals surface area contributed by atoms with Gasteiger partial charge in [0.1, 0.15) is 5.82 Å². The van der Waals surface area contributed by atoms with E-state index in [0.29, 0.717) is 11.8 Å². The number of nitrogens with zero attached hydrogens (tertiary/aromatic N) is 2. The lowest BCUT2D eigenvalue weighted by molar-refractivity contribution is 0.0464. The molecule has 0 unspecified atom stereocenters. The highest BCUT2D eigenvalue weighted by molar-refractivity contribution is 5.46. The van der Waals surface area contributed by atoms with Crippen molar-refractivity contribution >= 4 is 5.82 Å². The summed E-state index contributed by atoms with van der Waals surface area (Å²) >= 11 is 0. The molecule has 1 fully saturated rings. The highest BCUT2D eigenvalue weighted by Gasteiger charge is 2.28.